The minimum atomic E-state index is -0.451. The number of halogens is 1. The third kappa shape index (κ3) is 3.08. The second-order valence-corrected chi connectivity index (χ2v) is 4.76. The van der Waals surface area contributed by atoms with Gasteiger partial charge in [0, 0.05) is 42.9 Å². The molecule has 2 rings (SSSR count). The van der Waals surface area contributed by atoms with E-state index < -0.39 is 4.92 Å². The highest BCUT2D eigenvalue weighted by atomic mass is 35.5. The monoisotopic (exact) mass is 299 g/mol. The van der Waals surface area contributed by atoms with Gasteiger partial charge in [-0.2, -0.15) is 0 Å². The van der Waals surface area contributed by atoms with Gasteiger partial charge in [-0.15, -0.1) is 12.4 Å². The van der Waals surface area contributed by atoms with Gasteiger partial charge in [0.2, 0.25) is 0 Å². The van der Waals surface area contributed by atoms with Crippen molar-refractivity contribution in [1.82, 2.24) is 10.2 Å². The number of hydrogen-bond acceptors (Lipinski definition) is 4. The van der Waals surface area contributed by atoms with Crippen molar-refractivity contribution in [2.24, 2.45) is 0 Å². The van der Waals surface area contributed by atoms with Crippen LogP contribution in [0.1, 0.15) is 22.8 Å². The molecule has 0 aromatic heterocycles. The van der Waals surface area contributed by atoms with Crippen LogP contribution in [0.3, 0.4) is 0 Å². The van der Waals surface area contributed by atoms with E-state index in [-0.39, 0.29) is 30.0 Å². The van der Waals surface area contributed by atoms with Gasteiger partial charge in [0.15, 0.2) is 0 Å². The van der Waals surface area contributed by atoms with Crippen molar-refractivity contribution in [1.29, 1.82) is 0 Å². The molecule has 0 unspecified atom stereocenters. The molecule has 1 atom stereocenters. The predicted octanol–water partition coefficient (Wildman–Crippen LogP) is 1.76. The van der Waals surface area contributed by atoms with E-state index in [1.54, 1.807) is 24.0 Å². The Kier molecular flexibility index (Phi) is 5.47. The Bertz CT molecular complexity index is 522. The normalized spacial score (nSPS) is 18.3. The number of nitrogens with one attached hydrogen (secondary N) is 1. The van der Waals surface area contributed by atoms with Crippen molar-refractivity contribution in [2.45, 2.75) is 19.9 Å². The molecule has 20 heavy (non-hydrogen) atoms. The summed E-state index contributed by atoms with van der Waals surface area (Å²) in [6, 6.07) is 4.73. The van der Waals surface area contributed by atoms with E-state index in [1.165, 1.54) is 6.07 Å². The Morgan fingerprint density at radius 2 is 2.20 bits per heavy atom. The van der Waals surface area contributed by atoms with E-state index in [9.17, 15) is 14.9 Å². The number of carbonyl (C=O) groups is 1. The number of piperazine rings is 1. The third-order valence-electron chi connectivity index (χ3n) is 3.49. The van der Waals surface area contributed by atoms with Crippen molar-refractivity contribution < 1.29 is 9.72 Å². The first-order chi connectivity index (χ1) is 9.02. The molecule has 7 heteroatoms. The third-order valence-corrected chi connectivity index (χ3v) is 3.49. The number of rotatable bonds is 2. The Morgan fingerprint density at radius 3 is 2.80 bits per heavy atom. The van der Waals surface area contributed by atoms with Crippen molar-refractivity contribution in [3.63, 3.8) is 0 Å². The fourth-order valence-corrected chi connectivity index (χ4v) is 2.35. The van der Waals surface area contributed by atoms with Crippen LogP contribution >= 0.6 is 12.4 Å². The van der Waals surface area contributed by atoms with Gasteiger partial charge in [-0.05, 0) is 19.9 Å². The second kappa shape index (κ2) is 6.67. The van der Waals surface area contributed by atoms with Gasteiger partial charge in [-0.3, -0.25) is 14.9 Å². The van der Waals surface area contributed by atoms with Gasteiger partial charge >= 0.3 is 0 Å². The van der Waals surface area contributed by atoms with Crippen LogP contribution in [0.25, 0.3) is 0 Å². The predicted molar refractivity (Wildman–Crippen MR) is 78.4 cm³/mol. The SMILES string of the molecule is Cc1c(C(=O)N2CCNC[C@@H]2C)cccc1[N+](=O)[O-].Cl. The molecule has 0 spiro atoms. The van der Waals surface area contributed by atoms with Gasteiger partial charge in [0.05, 0.1) is 4.92 Å². The highest BCUT2D eigenvalue weighted by Gasteiger charge is 2.27. The molecule has 0 aliphatic carbocycles. The average molecular weight is 300 g/mol. The highest BCUT2D eigenvalue weighted by molar-refractivity contribution is 5.96. The zero-order valence-corrected chi connectivity index (χ0v) is 12.3. The summed E-state index contributed by atoms with van der Waals surface area (Å²) in [4.78, 5) is 24.7. The lowest BCUT2D eigenvalue weighted by molar-refractivity contribution is -0.385. The van der Waals surface area contributed by atoms with Gasteiger partial charge in [0.1, 0.15) is 0 Å². The molecule has 1 amide bonds. The molecular weight excluding hydrogens is 282 g/mol. The summed E-state index contributed by atoms with van der Waals surface area (Å²) in [5, 5.41) is 14.1. The molecule has 0 radical (unpaired) electrons. The molecule has 1 aromatic carbocycles. The first-order valence-electron chi connectivity index (χ1n) is 6.28. The van der Waals surface area contributed by atoms with Gasteiger partial charge in [-0.25, -0.2) is 0 Å². The quantitative estimate of drug-likeness (QED) is 0.667. The lowest BCUT2D eigenvalue weighted by Gasteiger charge is -2.34. The Balaban J connectivity index is 0.00000200. The number of nitro benzene ring substituents is 1. The summed E-state index contributed by atoms with van der Waals surface area (Å²) >= 11 is 0. The molecule has 1 aliphatic rings. The fraction of sp³-hybridized carbons (Fsp3) is 0.462. The largest absolute Gasteiger partial charge is 0.333 e. The Labute approximate surface area is 123 Å². The minimum absolute atomic E-state index is 0. The summed E-state index contributed by atoms with van der Waals surface area (Å²) in [6.07, 6.45) is 0. The summed E-state index contributed by atoms with van der Waals surface area (Å²) in [5.41, 5.74) is 0.847. The first kappa shape index (κ1) is 16.4. The molecule has 1 heterocycles. The molecule has 110 valence electrons. The van der Waals surface area contributed by atoms with Crippen molar-refractivity contribution >= 4 is 24.0 Å². The van der Waals surface area contributed by atoms with Crippen LogP contribution < -0.4 is 5.32 Å². The maximum atomic E-state index is 12.5. The van der Waals surface area contributed by atoms with E-state index in [0.717, 1.165) is 13.1 Å². The number of nitro groups is 1. The Morgan fingerprint density at radius 1 is 1.50 bits per heavy atom. The lowest BCUT2D eigenvalue weighted by Crippen LogP contribution is -2.52. The zero-order chi connectivity index (χ0) is 14.0. The molecule has 1 fully saturated rings. The van der Waals surface area contributed by atoms with Gasteiger partial charge < -0.3 is 10.2 Å². The summed E-state index contributed by atoms with van der Waals surface area (Å²) in [7, 11) is 0. The fourth-order valence-electron chi connectivity index (χ4n) is 2.35. The molecule has 1 aliphatic heterocycles. The number of benzene rings is 1. The number of amides is 1. The molecule has 1 aromatic rings. The summed E-state index contributed by atoms with van der Waals surface area (Å²) in [6.45, 7) is 5.72. The van der Waals surface area contributed by atoms with E-state index >= 15 is 0 Å². The smallest absolute Gasteiger partial charge is 0.273 e. The van der Waals surface area contributed by atoms with Crippen molar-refractivity contribution in [2.75, 3.05) is 19.6 Å². The van der Waals surface area contributed by atoms with E-state index in [1.807, 2.05) is 6.92 Å². The molecule has 0 bridgehead atoms. The lowest BCUT2D eigenvalue weighted by atomic mass is 10.0. The van der Waals surface area contributed by atoms with E-state index in [0.29, 0.717) is 17.7 Å². The van der Waals surface area contributed by atoms with Crippen LogP contribution in [-0.4, -0.2) is 41.4 Å². The van der Waals surface area contributed by atoms with E-state index in [2.05, 4.69) is 5.32 Å². The standard InChI is InChI=1S/C13H17N3O3.ClH/c1-9-8-14-6-7-15(9)13(17)11-4-3-5-12(10(11)2)16(18)19;/h3-5,9,14H,6-8H2,1-2H3;1H/t9-;/m0./s1. The zero-order valence-electron chi connectivity index (χ0n) is 11.5. The van der Waals surface area contributed by atoms with E-state index in [4.69, 9.17) is 0 Å². The van der Waals surface area contributed by atoms with Crippen LogP contribution in [0.4, 0.5) is 5.69 Å². The number of nitrogens with zero attached hydrogens (tertiary/aromatic N) is 2. The highest BCUT2D eigenvalue weighted by Crippen LogP contribution is 2.23. The molecule has 6 nitrogen and oxygen atoms in total. The van der Waals surface area contributed by atoms with Crippen LogP contribution in [0, 0.1) is 17.0 Å². The molecule has 0 saturated carbocycles. The van der Waals surface area contributed by atoms with Crippen molar-refractivity contribution in [3.8, 4) is 0 Å². The average Bonchev–Trinajstić information content (AvgIpc) is 2.38. The topological polar surface area (TPSA) is 75.5 Å². The minimum Gasteiger partial charge on any atom is -0.333 e. The maximum Gasteiger partial charge on any atom is 0.273 e. The molecule has 1 N–H and O–H groups in total. The van der Waals surface area contributed by atoms with Crippen LogP contribution in [-0.2, 0) is 0 Å². The molecular formula is C13H18ClN3O3. The van der Waals surface area contributed by atoms with Crippen LogP contribution in [0.15, 0.2) is 18.2 Å². The number of hydrogen-bond donors (Lipinski definition) is 1. The summed E-state index contributed by atoms with van der Waals surface area (Å²) < 4.78 is 0. The van der Waals surface area contributed by atoms with Crippen LogP contribution in [0.2, 0.25) is 0 Å². The van der Waals surface area contributed by atoms with Gasteiger partial charge in [-0.1, -0.05) is 6.07 Å². The first-order valence-corrected chi connectivity index (χ1v) is 6.28. The molecule has 1 saturated heterocycles. The summed E-state index contributed by atoms with van der Waals surface area (Å²) in [5.74, 6) is -0.129. The Hall–Kier alpha value is -1.66. The maximum absolute atomic E-state index is 12.5. The van der Waals surface area contributed by atoms with Crippen molar-refractivity contribution in [3.05, 3.63) is 39.4 Å². The number of carbonyl (C=O) groups excluding carboxylic acids is 1. The van der Waals surface area contributed by atoms with Gasteiger partial charge in [0.25, 0.3) is 11.6 Å². The second-order valence-electron chi connectivity index (χ2n) is 4.76. The van der Waals surface area contributed by atoms with Crippen LogP contribution in [0.5, 0.6) is 0 Å².